The molecule has 1 unspecified atom stereocenters. The van der Waals surface area contributed by atoms with Crippen molar-refractivity contribution in [2.75, 3.05) is 18.4 Å². The largest absolute Gasteiger partial charge is 0.323 e. The average molecular weight is 388 g/mol. The molecule has 1 aliphatic heterocycles. The van der Waals surface area contributed by atoms with Gasteiger partial charge in [0.25, 0.3) is 0 Å². The maximum atomic E-state index is 7.76. The fraction of sp³-hybridized carbons (Fsp3) is 0.333. The highest BCUT2D eigenvalue weighted by Gasteiger charge is 2.15. The highest BCUT2D eigenvalue weighted by molar-refractivity contribution is 5.90. The third kappa shape index (κ3) is 4.43. The first-order valence-electron chi connectivity index (χ1n) is 9.73. The Labute approximate surface area is 169 Å². The van der Waals surface area contributed by atoms with Crippen LogP contribution >= 0.6 is 0 Å². The van der Waals surface area contributed by atoms with E-state index in [1.807, 2.05) is 30.5 Å². The van der Waals surface area contributed by atoms with E-state index in [0.717, 1.165) is 35.2 Å². The van der Waals surface area contributed by atoms with Gasteiger partial charge in [0.05, 0.1) is 29.2 Å². The van der Waals surface area contributed by atoms with Gasteiger partial charge in [-0.05, 0) is 41.3 Å². The maximum Gasteiger partial charge on any atom is 0.154 e. The van der Waals surface area contributed by atoms with E-state index in [2.05, 4.69) is 49.6 Å². The Morgan fingerprint density at radius 3 is 2.72 bits per heavy atom. The summed E-state index contributed by atoms with van der Waals surface area (Å²) in [6.45, 7) is 6.03. The van der Waals surface area contributed by atoms with E-state index in [4.69, 9.17) is 5.41 Å². The number of fused-ring (bicyclic) bond motifs is 1. The van der Waals surface area contributed by atoms with Gasteiger partial charge in [-0.15, -0.1) is 5.10 Å². The zero-order valence-electron chi connectivity index (χ0n) is 16.5. The van der Waals surface area contributed by atoms with Gasteiger partial charge in [0, 0.05) is 31.7 Å². The smallest absolute Gasteiger partial charge is 0.154 e. The van der Waals surface area contributed by atoms with Crippen molar-refractivity contribution in [2.45, 2.75) is 31.7 Å². The van der Waals surface area contributed by atoms with Gasteiger partial charge in [0.1, 0.15) is 5.82 Å². The van der Waals surface area contributed by atoms with Gasteiger partial charge in [0.15, 0.2) is 5.82 Å². The molecule has 4 heterocycles. The number of rotatable bonds is 7. The van der Waals surface area contributed by atoms with Crippen LogP contribution in [0.5, 0.6) is 0 Å². The van der Waals surface area contributed by atoms with Crippen molar-refractivity contribution in [1.82, 2.24) is 25.5 Å². The predicted molar refractivity (Wildman–Crippen MR) is 116 cm³/mol. The topological polar surface area (TPSA) is 112 Å². The van der Waals surface area contributed by atoms with Crippen molar-refractivity contribution in [2.24, 2.45) is 4.99 Å². The Kier molecular flexibility index (Phi) is 5.53. The summed E-state index contributed by atoms with van der Waals surface area (Å²) in [5.41, 5.74) is 3.56. The van der Waals surface area contributed by atoms with Crippen LogP contribution in [0.15, 0.2) is 41.7 Å². The summed E-state index contributed by atoms with van der Waals surface area (Å²) < 4.78 is 0. The summed E-state index contributed by atoms with van der Waals surface area (Å²) in [5, 5.41) is 22.4. The molecule has 1 aliphatic rings. The standard InChI is InChI=1S/C21H24N8/c1-13(2)14-6-21(29-26-10-14)28-20-4-3-18-19(27-20)5-15(8-25-18)16(7-22)9-24-17-11-23-12-17/h3-10,13,16-17,22-23H,11-12H2,1-2H3,(H,27,28,29). The van der Waals surface area contributed by atoms with E-state index in [0.29, 0.717) is 23.6 Å². The molecule has 0 aromatic carbocycles. The van der Waals surface area contributed by atoms with E-state index in [-0.39, 0.29) is 5.92 Å². The quantitative estimate of drug-likeness (QED) is 0.536. The SMILES string of the molecule is CC(C)c1cnnc(Nc2ccc3ncc(C(C=N)C=NC4CNC4)cc3n2)c1. The minimum atomic E-state index is -0.209. The molecule has 0 saturated carbocycles. The first-order chi connectivity index (χ1) is 14.1. The zero-order chi connectivity index (χ0) is 20.2. The summed E-state index contributed by atoms with van der Waals surface area (Å²) in [6.07, 6.45) is 6.78. The molecule has 1 saturated heterocycles. The second-order valence-electron chi connectivity index (χ2n) is 7.46. The van der Waals surface area contributed by atoms with Gasteiger partial charge < -0.3 is 16.0 Å². The molecule has 0 aliphatic carbocycles. The molecule has 0 bridgehead atoms. The molecule has 0 amide bonds. The van der Waals surface area contributed by atoms with Gasteiger partial charge in [-0.1, -0.05) is 13.8 Å². The van der Waals surface area contributed by atoms with Crippen LogP contribution in [0, 0.1) is 5.41 Å². The Morgan fingerprint density at radius 2 is 2.00 bits per heavy atom. The van der Waals surface area contributed by atoms with Crippen LogP contribution in [0.2, 0.25) is 0 Å². The molecule has 8 heteroatoms. The Morgan fingerprint density at radius 1 is 1.14 bits per heavy atom. The zero-order valence-corrected chi connectivity index (χ0v) is 16.5. The number of anilines is 2. The second-order valence-corrected chi connectivity index (χ2v) is 7.46. The number of nitrogens with zero attached hydrogens (tertiary/aromatic N) is 5. The van der Waals surface area contributed by atoms with Crippen molar-refractivity contribution in [3.05, 3.63) is 47.8 Å². The molecule has 1 fully saturated rings. The molecule has 148 valence electrons. The van der Waals surface area contributed by atoms with E-state index in [9.17, 15) is 0 Å². The van der Waals surface area contributed by atoms with Crippen LogP contribution in [0.3, 0.4) is 0 Å². The van der Waals surface area contributed by atoms with Gasteiger partial charge in [0.2, 0.25) is 0 Å². The van der Waals surface area contributed by atoms with Crippen LogP contribution in [-0.2, 0) is 0 Å². The first-order valence-corrected chi connectivity index (χ1v) is 9.73. The molecule has 3 aromatic rings. The fourth-order valence-electron chi connectivity index (χ4n) is 2.98. The van der Waals surface area contributed by atoms with Gasteiger partial charge in [-0.2, -0.15) is 5.10 Å². The number of aliphatic imine (C=N–C) groups is 1. The highest BCUT2D eigenvalue weighted by Crippen LogP contribution is 2.22. The molecule has 0 radical (unpaired) electrons. The third-order valence-electron chi connectivity index (χ3n) is 4.94. The molecule has 1 atom stereocenters. The minimum absolute atomic E-state index is 0.209. The summed E-state index contributed by atoms with van der Waals surface area (Å²) in [6, 6.07) is 8.04. The van der Waals surface area contributed by atoms with Gasteiger partial charge in [-0.3, -0.25) is 9.98 Å². The summed E-state index contributed by atoms with van der Waals surface area (Å²) in [7, 11) is 0. The Balaban J connectivity index is 1.58. The van der Waals surface area contributed by atoms with Crippen LogP contribution < -0.4 is 10.6 Å². The van der Waals surface area contributed by atoms with Crippen LogP contribution in [0.1, 0.15) is 36.8 Å². The number of hydrogen-bond donors (Lipinski definition) is 3. The summed E-state index contributed by atoms with van der Waals surface area (Å²) in [4.78, 5) is 13.7. The molecule has 0 spiro atoms. The lowest BCUT2D eigenvalue weighted by molar-refractivity contribution is 0.448. The lowest BCUT2D eigenvalue weighted by Gasteiger charge is -2.23. The summed E-state index contributed by atoms with van der Waals surface area (Å²) >= 11 is 0. The lowest BCUT2D eigenvalue weighted by Crippen LogP contribution is -2.45. The van der Waals surface area contributed by atoms with Crippen LogP contribution in [0.4, 0.5) is 11.6 Å². The number of aromatic nitrogens is 4. The maximum absolute atomic E-state index is 7.76. The molecule has 8 nitrogen and oxygen atoms in total. The number of hydrogen-bond acceptors (Lipinski definition) is 8. The normalized spacial score (nSPS) is 15.6. The van der Waals surface area contributed by atoms with E-state index < -0.39 is 0 Å². The Bertz CT molecular complexity index is 1040. The van der Waals surface area contributed by atoms with E-state index >= 15 is 0 Å². The molecule has 3 aromatic heterocycles. The monoisotopic (exact) mass is 388 g/mol. The van der Waals surface area contributed by atoms with Crippen molar-refractivity contribution < 1.29 is 0 Å². The molecule has 4 rings (SSSR count). The van der Waals surface area contributed by atoms with Crippen molar-refractivity contribution in [3.63, 3.8) is 0 Å². The first kappa shape index (κ1) is 19.1. The number of nitrogens with one attached hydrogen (secondary N) is 3. The Hall–Kier alpha value is -3.26. The van der Waals surface area contributed by atoms with E-state index in [1.165, 1.54) is 6.21 Å². The van der Waals surface area contributed by atoms with Crippen molar-refractivity contribution >= 4 is 35.1 Å². The van der Waals surface area contributed by atoms with Gasteiger partial charge in [-0.25, -0.2) is 4.98 Å². The molecule has 3 N–H and O–H groups in total. The number of pyridine rings is 2. The lowest BCUT2D eigenvalue weighted by atomic mass is 10.0. The third-order valence-corrected chi connectivity index (χ3v) is 4.94. The van der Waals surface area contributed by atoms with Crippen molar-refractivity contribution in [3.8, 4) is 0 Å². The molecule has 29 heavy (non-hydrogen) atoms. The van der Waals surface area contributed by atoms with E-state index in [1.54, 1.807) is 12.4 Å². The average Bonchev–Trinajstić information content (AvgIpc) is 2.69. The predicted octanol–water partition coefficient (Wildman–Crippen LogP) is 3.06. The van der Waals surface area contributed by atoms with Crippen LogP contribution in [0.25, 0.3) is 11.0 Å². The molecular weight excluding hydrogens is 364 g/mol. The van der Waals surface area contributed by atoms with Crippen molar-refractivity contribution in [1.29, 1.82) is 5.41 Å². The second kappa shape index (κ2) is 8.40. The molecular formula is C21H24N8. The van der Waals surface area contributed by atoms with Gasteiger partial charge >= 0.3 is 0 Å². The minimum Gasteiger partial charge on any atom is -0.323 e. The van der Waals surface area contributed by atoms with Crippen LogP contribution in [-0.4, -0.2) is 51.7 Å². The highest BCUT2D eigenvalue weighted by atomic mass is 15.2. The summed E-state index contributed by atoms with van der Waals surface area (Å²) in [5.74, 6) is 1.50. The fourth-order valence-corrected chi connectivity index (χ4v) is 2.98.